The summed E-state index contributed by atoms with van der Waals surface area (Å²) in [7, 11) is 2.06. The number of likely N-dealkylation sites (N-methyl/N-ethyl adjacent to an activating group) is 1. The van der Waals surface area contributed by atoms with E-state index in [0.29, 0.717) is 17.6 Å². The second-order valence-electron chi connectivity index (χ2n) is 5.73. The van der Waals surface area contributed by atoms with Crippen LogP contribution in [0.5, 0.6) is 0 Å². The molecule has 0 radical (unpaired) electrons. The predicted octanol–water partition coefficient (Wildman–Crippen LogP) is 2.90. The Morgan fingerprint density at radius 2 is 2.09 bits per heavy atom. The monoisotopic (exact) mass is 320 g/mol. The molecule has 3 rings (SSSR count). The summed E-state index contributed by atoms with van der Waals surface area (Å²) < 4.78 is 13.1. The maximum Gasteiger partial charge on any atom is 0.132 e. The molecule has 1 aliphatic rings. The molecular formula is C16H18ClFN4. The Labute approximate surface area is 134 Å². The van der Waals surface area contributed by atoms with Crippen molar-refractivity contribution in [1.82, 2.24) is 14.9 Å². The van der Waals surface area contributed by atoms with Crippen LogP contribution in [-0.4, -0.2) is 41.0 Å². The van der Waals surface area contributed by atoms with Gasteiger partial charge in [0.25, 0.3) is 0 Å². The minimum atomic E-state index is -0.301. The number of halogens is 2. The Morgan fingerprint density at radius 1 is 1.32 bits per heavy atom. The summed E-state index contributed by atoms with van der Waals surface area (Å²) in [4.78, 5) is 12.9. The Bertz CT molecular complexity index is 673. The largest absolute Gasteiger partial charge is 0.353 e. The molecule has 0 N–H and O–H groups in total. The van der Waals surface area contributed by atoms with E-state index in [9.17, 15) is 4.39 Å². The summed E-state index contributed by atoms with van der Waals surface area (Å²) >= 11 is 6.09. The maximum atomic E-state index is 13.1. The van der Waals surface area contributed by atoms with Crippen molar-refractivity contribution in [2.75, 3.05) is 25.0 Å². The van der Waals surface area contributed by atoms with E-state index in [1.807, 2.05) is 13.0 Å². The van der Waals surface area contributed by atoms with Crippen molar-refractivity contribution in [3.63, 3.8) is 0 Å². The number of hydrogen-bond donors (Lipinski definition) is 0. The van der Waals surface area contributed by atoms with E-state index in [1.54, 1.807) is 12.4 Å². The van der Waals surface area contributed by atoms with Gasteiger partial charge in [0, 0.05) is 42.5 Å². The van der Waals surface area contributed by atoms with Crippen LogP contribution in [-0.2, 0) is 6.54 Å². The number of rotatable bonds is 4. The molecule has 1 aromatic carbocycles. The van der Waals surface area contributed by atoms with Crippen LogP contribution in [0.1, 0.15) is 11.3 Å². The van der Waals surface area contributed by atoms with Gasteiger partial charge >= 0.3 is 0 Å². The average Bonchev–Trinajstić information content (AvgIpc) is 2.40. The third-order valence-electron chi connectivity index (χ3n) is 4.03. The summed E-state index contributed by atoms with van der Waals surface area (Å²) in [5, 5.41) is 0.481. The number of aryl methyl sites for hydroxylation is 1. The third-order valence-corrected chi connectivity index (χ3v) is 4.39. The van der Waals surface area contributed by atoms with Gasteiger partial charge in [-0.25, -0.2) is 14.4 Å². The van der Waals surface area contributed by atoms with Crippen LogP contribution < -0.4 is 4.90 Å². The van der Waals surface area contributed by atoms with Gasteiger partial charge in [0.1, 0.15) is 18.0 Å². The number of anilines is 1. The highest BCUT2D eigenvalue weighted by Gasteiger charge is 2.31. The standard InChI is InChI=1S/C16H18ClFN4/c1-11-5-16(20-10-19-11)22-8-14(9-22)21(2)7-12-3-4-13(18)6-15(12)17/h3-6,10,14H,7-9H2,1-2H3. The second kappa shape index (κ2) is 6.18. The lowest BCUT2D eigenvalue weighted by Crippen LogP contribution is -2.58. The molecule has 22 heavy (non-hydrogen) atoms. The Hall–Kier alpha value is -1.72. The van der Waals surface area contributed by atoms with Crippen molar-refractivity contribution in [3.8, 4) is 0 Å². The summed E-state index contributed by atoms with van der Waals surface area (Å²) in [6.45, 7) is 4.52. The average molecular weight is 321 g/mol. The molecule has 6 heteroatoms. The first-order valence-corrected chi connectivity index (χ1v) is 7.58. The van der Waals surface area contributed by atoms with Crippen molar-refractivity contribution in [2.45, 2.75) is 19.5 Å². The van der Waals surface area contributed by atoms with E-state index >= 15 is 0 Å². The van der Waals surface area contributed by atoms with Crippen LogP contribution in [0.2, 0.25) is 5.02 Å². The molecule has 1 fully saturated rings. The molecular weight excluding hydrogens is 303 g/mol. The quantitative estimate of drug-likeness (QED) is 0.867. The van der Waals surface area contributed by atoms with Gasteiger partial charge in [0.05, 0.1) is 0 Å². The zero-order chi connectivity index (χ0) is 15.7. The van der Waals surface area contributed by atoms with Crippen LogP contribution >= 0.6 is 11.6 Å². The second-order valence-corrected chi connectivity index (χ2v) is 6.13. The van der Waals surface area contributed by atoms with Crippen molar-refractivity contribution >= 4 is 17.4 Å². The summed E-state index contributed by atoms with van der Waals surface area (Å²) in [5.41, 5.74) is 1.92. The van der Waals surface area contributed by atoms with Gasteiger partial charge < -0.3 is 4.90 Å². The highest BCUT2D eigenvalue weighted by molar-refractivity contribution is 6.31. The molecule has 0 unspecified atom stereocenters. The minimum absolute atomic E-state index is 0.301. The van der Waals surface area contributed by atoms with E-state index in [1.165, 1.54) is 12.1 Å². The Morgan fingerprint density at radius 3 is 2.77 bits per heavy atom. The molecule has 1 aromatic heterocycles. The highest BCUT2D eigenvalue weighted by atomic mass is 35.5. The first-order chi connectivity index (χ1) is 10.5. The lowest BCUT2D eigenvalue weighted by Gasteiger charge is -2.44. The number of hydrogen-bond acceptors (Lipinski definition) is 4. The summed E-state index contributed by atoms with van der Waals surface area (Å²) in [6, 6.07) is 7.00. The summed E-state index contributed by atoms with van der Waals surface area (Å²) in [6.07, 6.45) is 1.60. The van der Waals surface area contributed by atoms with Gasteiger partial charge in [0.15, 0.2) is 0 Å². The Balaban J connectivity index is 1.58. The lowest BCUT2D eigenvalue weighted by molar-refractivity contribution is 0.197. The molecule has 2 heterocycles. The van der Waals surface area contributed by atoms with Gasteiger partial charge in [-0.1, -0.05) is 17.7 Å². The SMILES string of the molecule is Cc1cc(N2CC(N(C)Cc3ccc(F)cc3Cl)C2)ncn1. The maximum absolute atomic E-state index is 13.1. The third kappa shape index (κ3) is 3.20. The molecule has 0 bridgehead atoms. The molecule has 4 nitrogen and oxygen atoms in total. The topological polar surface area (TPSA) is 32.3 Å². The van der Waals surface area contributed by atoms with Gasteiger partial charge in [0.2, 0.25) is 0 Å². The van der Waals surface area contributed by atoms with Gasteiger partial charge in [-0.2, -0.15) is 0 Å². The van der Waals surface area contributed by atoms with Crippen molar-refractivity contribution < 1.29 is 4.39 Å². The zero-order valence-corrected chi connectivity index (χ0v) is 13.4. The molecule has 0 atom stereocenters. The van der Waals surface area contributed by atoms with Crippen LogP contribution in [0.3, 0.4) is 0 Å². The first kappa shape index (κ1) is 15.2. The molecule has 0 saturated carbocycles. The Kier molecular flexibility index (Phi) is 4.27. The lowest BCUT2D eigenvalue weighted by atomic mass is 10.1. The van der Waals surface area contributed by atoms with Crippen molar-refractivity contribution in [2.24, 2.45) is 0 Å². The first-order valence-electron chi connectivity index (χ1n) is 7.20. The minimum Gasteiger partial charge on any atom is -0.353 e. The van der Waals surface area contributed by atoms with Crippen LogP contribution in [0.25, 0.3) is 0 Å². The number of aromatic nitrogens is 2. The highest BCUT2D eigenvalue weighted by Crippen LogP contribution is 2.24. The van der Waals surface area contributed by atoms with Gasteiger partial charge in [-0.3, -0.25) is 4.90 Å². The molecule has 1 saturated heterocycles. The number of nitrogens with zero attached hydrogens (tertiary/aromatic N) is 4. The van der Waals surface area contributed by atoms with Gasteiger partial charge in [-0.15, -0.1) is 0 Å². The van der Waals surface area contributed by atoms with Crippen LogP contribution in [0.15, 0.2) is 30.6 Å². The predicted molar refractivity (Wildman–Crippen MR) is 85.6 cm³/mol. The molecule has 0 spiro atoms. The molecule has 2 aromatic rings. The van der Waals surface area contributed by atoms with Gasteiger partial charge in [-0.05, 0) is 31.7 Å². The fourth-order valence-electron chi connectivity index (χ4n) is 2.58. The summed E-state index contributed by atoms with van der Waals surface area (Å²) in [5.74, 6) is 0.669. The van der Waals surface area contributed by atoms with E-state index < -0.39 is 0 Å². The van der Waals surface area contributed by atoms with E-state index in [0.717, 1.165) is 30.2 Å². The van der Waals surface area contributed by atoms with E-state index in [-0.39, 0.29) is 5.82 Å². The molecule has 1 aliphatic heterocycles. The van der Waals surface area contributed by atoms with E-state index in [2.05, 4.69) is 26.8 Å². The fourth-order valence-corrected chi connectivity index (χ4v) is 2.81. The fraction of sp³-hybridized carbons (Fsp3) is 0.375. The molecule has 0 amide bonds. The molecule has 116 valence electrons. The van der Waals surface area contributed by atoms with Crippen molar-refractivity contribution in [1.29, 1.82) is 0 Å². The normalized spacial score (nSPS) is 15.2. The van der Waals surface area contributed by atoms with Crippen LogP contribution in [0.4, 0.5) is 10.2 Å². The smallest absolute Gasteiger partial charge is 0.132 e. The molecule has 0 aliphatic carbocycles. The number of benzene rings is 1. The van der Waals surface area contributed by atoms with Crippen LogP contribution in [0, 0.1) is 12.7 Å². The van der Waals surface area contributed by atoms with E-state index in [4.69, 9.17) is 11.6 Å². The zero-order valence-electron chi connectivity index (χ0n) is 12.6. The van der Waals surface area contributed by atoms with Crippen molar-refractivity contribution in [3.05, 3.63) is 52.7 Å².